The van der Waals surface area contributed by atoms with Crippen LogP contribution in [0.3, 0.4) is 0 Å². The zero-order chi connectivity index (χ0) is 14.5. The minimum Gasteiger partial charge on any atom is -0.389 e. The summed E-state index contributed by atoms with van der Waals surface area (Å²) in [4.78, 5) is 4.87. The molecule has 0 aliphatic carbocycles. The molecule has 0 aliphatic rings. The smallest absolute Gasteiger partial charge is 0.136 e. The van der Waals surface area contributed by atoms with Gasteiger partial charge in [0.2, 0.25) is 0 Å². The number of nitrogens with one attached hydrogen (secondary N) is 1. The first kappa shape index (κ1) is 14.5. The van der Waals surface area contributed by atoms with Crippen LogP contribution in [0.15, 0.2) is 24.5 Å². The van der Waals surface area contributed by atoms with Crippen molar-refractivity contribution in [3.8, 4) is 0 Å². The summed E-state index contributed by atoms with van der Waals surface area (Å²) in [6.45, 7) is 5.63. The quantitative estimate of drug-likeness (QED) is 0.629. The molecule has 106 valence electrons. The lowest BCUT2D eigenvalue weighted by atomic mass is 10.1. The minimum atomic E-state index is 0.379. The number of pyridine rings is 1. The average molecular weight is 289 g/mol. The number of hydrogen-bond acceptors (Lipinski definition) is 4. The SMILES string of the molecule is Cc1cc(C)c(C(N)=S)c(NCCCn2cccn2)n1. The Kier molecular flexibility index (Phi) is 4.68. The van der Waals surface area contributed by atoms with Crippen LogP contribution in [0.1, 0.15) is 23.2 Å². The summed E-state index contributed by atoms with van der Waals surface area (Å²) >= 11 is 5.11. The predicted molar refractivity (Wildman–Crippen MR) is 84.9 cm³/mol. The molecule has 2 rings (SSSR count). The van der Waals surface area contributed by atoms with Gasteiger partial charge in [0, 0.05) is 31.2 Å². The molecule has 20 heavy (non-hydrogen) atoms. The van der Waals surface area contributed by atoms with Gasteiger partial charge in [0.1, 0.15) is 10.8 Å². The first-order valence-corrected chi connectivity index (χ1v) is 6.98. The highest BCUT2D eigenvalue weighted by atomic mass is 32.1. The van der Waals surface area contributed by atoms with Gasteiger partial charge in [-0.1, -0.05) is 12.2 Å². The van der Waals surface area contributed by atoms with Crippen molar-refractivity contribution in [1.29, 1.82) is 0 Å². The number of hydrogen-bond donors (Lipinski definition) is 2. The molecule has 6 heteroatoms. The van der Waals surface area contributed by atoms with Crippen molar-refractivity contribution >= 4 is 23.0 Å². The largest absolute Gasteiger partial charge is 0.389 e. The van der Waals surface area contributed by atoms with E-state index in [1.807, 2.05) is 36.9 Å². The number of rotatable bonds is 6. The molecule has 0 fully saturated rings. The topological polar surface area (TPSA) is 68.8 Å². The van der Waals surface area contributed by atoms with Crippen LogP contribution in [-0.2, 0) is 6.54 Å². The molecule has 2 heterocycles. The highest BCUT2D eigenvalue weighted by molar-refractivity contribution is 7.80. The average Bonchev–Trinajstić information content (AvgIpc) is 2.86. The van der Waals surface area contributed by atoms with E-state index in [-0.39, 0.29) is 0 Å². The lowest BCUT2D eigenvalue weighted by molar-refractivity contribution is 0.591. The van der Waals surface area contributed by atoms with Gasteiger partial charge in [0.15, 0.2) is 0 Å². The Balaban J connectivity index is 1.99. The molecular weight excluding hydrogens is 270 g/mol. The van der Waals surface area contributed by atoms with Crippen LogP contribution in [0, 0.1) is 13.8 Å². The summed E-state index contributed by atoms with van der Waals surface area (Å²) in [5.74, 6) is 0.774. The molecule has 2 aromatic rings. The third-order valence-electron chi connectivity index (χ3n) is 3.01. The number of thiocarbonyl (C=S) groups is 1. The van der Waals surface area contributed by atoms with Crippen molar-refractivity contribution in [3.05, 3.63) is 41.3 Å². The number of nitrogens with zero attached hydrogens (tertiary/aromatic N) is 3. The van der Waals surface area contributed by atoms with Crippen LogP contribution in [0.5, 0.6) is 0 Å². The maximum absolute atomic E-state index is 5.78. The second-order valence-electron chi connectivity index (χ2n) is 4.72. The van der Waals surface area contributed by atoms with Crippen LogP contribution in [0.4, 0.5) is 5.82 Å². The van der Waals surface area contributed by atoms with Gasteiger partial charge in [-0.25, -0.2) is 4.98 Å². The highest BCUT2D eigenvalue weighted by Gasteiger charge is 2.10. The maximum Gasteiger partial charge on any atom is 0.136 e. The van der Waals surface area contributed by atoms with Crippen molar-refractivity contribution in [2.24, 2.45) is 5.73 Å². The van der Waals surface area contributed by atoms with E-state index < -0.39 is 0 Å². The van der Waals surface area contributed by atoms with Crippen LogP contribution in [0.25, 0.3) is 0 Å². The van der Waals surface area contributed by atoms with E-state index in [4.69, 9.17) is 18.0 Å². The van der Waals surface area contributed by atoms with Gasteiger partial charge in [-0.05, 0) is 38.0 Å². The summed E-state index contributed by atoms with van der Waals surface area (Å²) < 4.78 is 1.91. The molecule has 5 nitrogen and oxygen atoms in total. The van der Waals surface area contributed by atoms with Crippen molar-refractivity contribution < 1.29 is 0 Å². The Morgan fingerprint density at radius 3 is 2.90 bits per heavy atom. The molecule has 0 radical (unpaired) electrons. The standard InChI is InChI=1S/C14H19N5S/c1-10-9-11(2)18-14(12(10)13(15)20)16-5-3-7-19-8-4-6-17-19/h4,6,8-9H,3,5,7H2,1-2H3,(H2,15,20)(H,16,18). The van der Waals surface area contributed by atoms with Crippen LogP contribution < -0.4 is 11.1 Å². The normalized spacial score (nSPS) is 10.5. The van der Waals surface area contributed by atoms with Crippen molar-refractivity contribution in [3.63, 3.8) is 0 Å². The molecule has 0 aromatic carbocycles. The molecule has 3 N–H and O–H groups in total. The first-order chi connectivity index (χ1) is 9.58. The third kappa shape index (κ3) is 3.54. The molecule has 2 aromatic heterocycles. The minimum absolute atomic E-state index is 0.379. The summed E-state index contributed by atoms with van der Waals surface area (Å²) in [6, 6.07) is 3.91. The van der Waals surface area contributed by atoms with Gasteiger partial charge in [-0.2, -0.15) is 5.10 Å². The molecule has 0 saturated carbocycles. The molecule has 0 aliphatic heterocycles. The van der Waals surface area contributed by atoms with Crippen molar-refractivity contribution in [2.45, 2.75) is 26.8 Å². The van der Waals surface area contributed by atoms with E-state index in [1.54, 1.807) is 6.20 Å². The first-order valence-electron chi connectivity index (χ1n) is 6.57. The Morgan fingerprint density at radius 1 is 1.45 bits per heavy atom. The second-order valence-corrected chi connectivity index (χ2v) is 5.16. The van der Waals surface area contributed by atoms with Crippen molar-refractivity contribution in [2.75, 3.05) is 11.9 Å². The second kappa shape index (κ2) is 6.47. The van der Waals surface area contributed by atoms with E-state index >= 15 is 0 Å². The number of nitrogens with two attached hydrogens (primary N) is 1. The summed E-state index contributed by atoms with van der Waals surface area (Å²) in [6.07, 6.45) is 4.69. The maximum atomic E-state index is 5.78. The van der Waals surface area contributed by atoms with Crippen molar-refractivity contribution in [1.82, 2.24) is 14.8 Å². The Morgan fingerprint density at radius 2 is 2.25 bits per heavy atom. The molecule has 0 saturated heterocycles. The van der Waals surface area contributed by atoms with E-state index in [2.05, 4.69) is 15.4 Å². The molecule has 0 unspecified atom stereocenters. The predicted octanol–water partition coefficient (Wildman–Crippen LogP) is 2.03. The number of anilines is 1. The fourth-order valence-electron chi connectivity index (χ4n) is 2.16. The van der Waals surface area contributed by atoms with Gasteiger partial charge in [0.05, 0.1) is 5.56 Å². The van der Waals surface area contributed by atoms with Gasteiger partial charge >= 0.3 is 0 Å². The third-order valence-corrected chi connectivity index (χ3v) is 3.21. The Labute approximate surface area is 124 Å². The molecule has 0 bridgehead atoms. The number of aromatic nitrogens is 3. The molecule has 0 atom stereocenters. The number of aryl methyl sites for hydroxylation is 3. The Hall–Kier alpha value is -1.95. The van der Waals surface area contributed by atoms with Gasteiger partial charge in [0.25, 0.3) is 0 Å². The van der Waals surface area contributed by atoms with E-state index in [0.717, 1.165) is 42.1 Å². The van der Waals surface area contributed by atoms with Gasteiger partial charge < -0.3 is 11.1 Å². The zero-order valence-corrected chi connectivity index (χ0v) is 12.6. The van der Waals surface area contributed by atoms with Gasteiger partial charge in [-0.3, -0.25) is 4.68 Å². The monoisotopic (exact) mass is 289 g/mol. The Bertz CT molecular complexity index is 592. The highest BCUT2D eigenvalue weighted by Crippen LogP contribution is 2.18. The summed E-state index contributed by atoms with van der Waals surface area (Å²) in [5.41, 5.74) is 8.63. The van der Waals surface area contributed by atoms with Gasteiger partial charge in [-0.15, -0.1) is 0 Å². The fourth-order valence-corrected chi connectivity index (χ4v) is 2.41. The molecule has 0 amide bonds. The molecular formula is C14H19N5S. The molecule has 0 spiro atoms. The van der Waals surface area contributed by atoms with Crippen LogP contribution in [-0.4, -0.2) is 26.3 Å². The summed E-state index contributed by atoms with van der Waals surface area (Å²) in [5, 5.41) is 7.49. The summed E-state index contributed by atoms with van der Waals surface area (Å²) in [7, 11) is 0. The zero-order valence-electron chi connectivity index (χ0n) is 11.8. The fraction of sp³-hybridized carbons (Fsp3) is 0.357. The lowest BCUT2D eigenvalue weighted by Crippen LogP contribution is -2.18. The van der Waals surface area contributed by atoms with E-state index in [0.29, 0.717) is 4.99 Å². The van der Waals surface area contributed by atoms with Crippen LogP contribution in [0.2, 0.25) is 0 Å². The van der Waals surface area contributed by atoms with E-state index in [1.165, 1.54) is 0 Å². The lowest BCUT2D eigenvalue weighted by Gasteiger charge is -2.13. The van der Waals surface area contributed by atoms with Crippen LogP contribution >= 0.6 is 12.2 Å². The van der Waals surface area contributed by atoms with E-state index in [9.17, 15) is 0 Å².